The van der Waals surface area contributed by atoms with E-state index in [0.717, 1.165) is 35.4 Å². The summed E-state index contributed by atoms with van der Waals surface area (Å²) in [4.78, 5) is 34.0. The molecule has 2 aromatic heterocycles. The summed E-state index contributed by atoms with van der Waals surface area (Å²) < 4.78 is 1.58. The largest absolute Gasteiger partial charge is 0.344 e. The first-order valence-corrected chi connectivity index (χ1v) is 13.7. The molecule has 4 aromatic rings. The molecule has 1 aliphatic rings. The van der Waals surface area contributed by atoms with E-state index in [4.69, 9.17) is 0 Å². The van der Waals surface area contributed by atoms with Crippen LogP contribution in [-0.2, 0) is 0 Å². The Kier molecular flexibility index (Phi) is 7.86. The van der Waals surface area contributed by atoms with Crippen LogP contribution >= 0.6 is 0 Å². The fraction of sp³-hybridized carbons (Fsp3) is 0.323. The third-order valence-corrected chi connectivity index (χ3v) is 7.65. The number of nitrogens with zero attached hydrogens (tertiary/aromatic N) is 4. The van der Waals surface area contributed by atoms with E-state index in [2.05, 4.69) is 46.6 Å². The molecule has 3 atom stereocenters. The molecule has 0 bridgehead atoms. The molecular weight excluding hydrogens is 502 g/mol. The van der Waals surface area contributed by atoms with Crippen molar-refractivity contribution in [2.45, 2.75) is 38.9 Å². The van der Waals surface area contributed by atoms with E-state index < -0.39 is 0 Å². The number of aromatic nitrogens is 2. The molecule has 2 amide bonds. The lowest BCUT2D eigenvalue weighted by Crippen LogP contribution is -2.54. The number of hydrogen-bond acceptors (Lipinski definition) is 6. The quantitative estimate of drug-likeness (QED) is 0.320. The van der Waals surface area contributed by atoms with Crippen LogP contribution in [0.3, 0.4) is 0 Å². The molecule has 9 nitrogen and oxygen atoms in total. The van der Waals surface area contributed by atoms with Crippen molar-refractivity contribution in [3.8, 4) is 0 Å². The zero-order chi connectivity index (χ0) is 28.4. The summed E-state index contributed by atoms with van der Waals surface area (Å²) in [5, 5.41) is 10.1. The van der Waals surface area contributed by atoms with E-state index in [1.165, 1.54) is 5.56 Å². The van der Waals surface area contributed by atoms with Crippen LogP contribution < -0.4 is 20.9 Å². The van der Waals surface area contributed by atoms with Crippen molar-refractivity contribution in [2.75, 3.05) is 37.4 Å². The number of anilines is 3. The Morgan fingerprint density at radius 1 is 1.00 bits per heavy atom. The highest BCUT2D eigenvalue weighted by molar-refractivity contribution is 6.04. The fourth-order valence-electron chi connectivity index (χ4n) is 5.48. The van der Waals surface area contributed by atoms with Crippen molar-refractivity contribution < 1.29 is 9.59 Å². The second kappa shape index (κ2) is 11.5. The van der Waals surface area contributed by atoms with Crippen LogP contribution in [0.25, 0.3) is 10.9 Å². The third kappa shape index (κ3) is 5.71. The standard InChI is InChI=1S/C31H37N7O2/c1-20-18-37(19-21(2)34-20)22(3)23-6-8-24(9-7-23)30(39)35-29-17-27(12-14-33-29)36(5)26-10-11-28-25(16-26)13-15-38(28)31(40)32-4/h6-17,20-22,34H,18-19H2,1-5H3,(H,32,40)(H,33,35,39)/t20-,21?,22?/m1/s1. The second-order valence-corrected chi connectivity index (χ2v) is 10.6. The Hall–Kier alpha value is -4.21. The number of rotatable bonds is 6. The van der Waals surface area contributed by atoms with E-state index in [-0.39, 0.29) is 18.0 Å². The molecule has 0 spiro atoms. The minimum absolute atomic E-state index is 0.182. The highest BCUT2D eigenvalue weighted by atomic mass is 16.2. The SMILES string of the molecule is CNC(=O)n1ccc2cc(N(C)c3ccnc(NC(=O)c4ccc(C(C)N5CC(C)N[C@H](C)C5)cc4)c3)ccc21. The summed E-state index contributed by atoms with van der Waals surface area (Å²) >= 11 is 0. The Labute approximate surface area is 235 Å². The second-order valence-electron chi connectivity index (χ2n) is 10.6. The van der Waals surface area contributed by atoms with Crippen molar-refractivity contribution in [3.05, 3.63) is 84.2 Å². The van der Waals surface area contributed by atoms with Crippen molar-refractivity contribution in [2.24, 2.45) is 0 Å². The molecule has 5 rings (SSSR count). The van der Waals surface area contributed by atoms with Crippen LogP contribution in [0.1, 0.15) is 42.7 Å². The molecule has 0 aliphatic carbocycles. The normalized spacial score (nSPS) is 18.3. The van der Waals surface area contributed by atoms with Crippen LogP contribution in [0.4, 0.5) is 22.0 Å². The molecule has 3 N–H and O–H groups in total. The summed E-state index contributed by atoms with van der Waals surface area (Å²) in [6.45, 7) is 8.66. The average molecular weight is 540 g/mol. The van der Waals surface area contributed by atoms with Crippen molar-refractivity contribution >= 4 is 40.0 Å². The van der Waals surface area contributed by atoms with Crippen LogP contribution in [-0.4, -0.2) is 65.7 Å². The molecule has 0 radical (unpaired) electrons. The number of carbonyl (C=O) groups excluding carboxylic acids is 2. The smallest absolute Gasteiger partial charge is 0.325 e. The molecule has 1 fully saturated rings. The van der Waals surface area contributed by atoms with Crippen molar-refractivity contribution in [3.63, 3.8) is 0 Å². The summed E-state index contributed by atoms with van der Waals surface area (Å²) in [6.07, 6.45) is 3.44. The monoisotopic (exact) mass is 539 g/mol. The summed E-state index contributed by atoms with van der Waals surface area (Å²) in [6, 6.07) is 20.4. The first-order valence-electron chi connectivity index (χ1n) is 13.7. The molecule has 3 heterocycles. The van der Waals surface area contributed by atoms with Gasteiger partial charge < -0.3 is 20.9 Å². The lowest BCUT2D eigenvalue weighted by molar-refractivity contribution is 0.102. The number of benzene rings is 2. The van der Waals surface area contributed by atoms with Crippen molar-refractivity contribution in [1.82, 2.24) is 25.1 Å². The van der Waals surface area contributed by atoms with E-state index in [1.54, 1.807) is 24.0 Å². The first kappa shape index (κ1) is 27.4. The Morgan fingerprint density at radius 2 is 1.70 bits per heavy atom. The summed E-state index contributed by atoms with van der Waals surface area (Å²) in [5.41, 5.74) is 4.44. The maximum atomic E-state index is 13.0. The number of hydrogen-bond donors (Lipinski definition) is 3. The van der Waals surface area contributed by atoms with Crippen molar-refractivity contribution in [1.29, 1.82) is 0 Å². The van der Waals surface area contributed by atoms with E-state index in [1.807, 2.05) is 72.6 Å². The number of pyridine rings is 1. The lowest BCUT2D eigenvalue weighted by Gasteiger charge is -2.39. The lowest BCUT2D eigenvalue weighted by atomic mass is 10.0. The molecule has 1 saturated heterocycles. The Balaban J connectivity index is 1.26. The van der Waals surface area contributed by atoms with E-state index in [9.17, 15) is 9.59 Å². The zero-order valence-electron chi connectivity index (χ0n) is 23.7. The van der Waals surface area contributed by atoms with Gasteiger partial charge in [-0.3, -0.25) is 14.3 Å². The number of fused-ring (bicyclic) bond motifs is 1. The predicted octanol–water partition coefficient (Wildman–Crippen LogP) is 4.99. The van der Waals surface area contributed by atoms with Gasteiger partial charge in [-0.1, -0.05) is 12.1 Å². The number of carbonyl (C=O) groups is 2. The summed E-state index contributed by atoms with van der Waals surface area (Å²) in [5.74, 6) is 0.273. The molecular formula is C31H37N7O2. The van der Waals surface area contributed by atoms with Gasteiger partial charge in [0.2, 0.25) is 0 Å². The first-order chi connectivity index (χ1) is 19.2. The highest BCUT2D eigenvalue weighted by Gasteiger charge is 2.25. The molecule has 0 saturated carbocycles. The van der Waals surface area contributed by atoms with Crippen LogP contribution in [0, 0.1) is 0 Å². The topological polar surface area (TPSA) is 94.5 Å². The number of amides is 2. The molecule has 40 heavy (non-hydrogen) atoms. The Morgan fingerprint density at radius 3 is 2.40 bits per heavy atom. The fourth-order valence-corrected chi connectivity index (χ4v) is 5.48. The van der Waals surface area contributed by atoms with Gasteiger partial charge in [-0.2, -0.15) is 0 Å². The average Bonchev–Trinajstić information content (AvgIpc) is 3.39. The van der Waals surface area contributed by atoms with E-state index in [0.29, 0.717) is 23.5 Å². The maximum Gasteiger partial charge on any atom is 0.325 e. The highest BCUT2D eigenvalue weighted by Crippen LogP contribution is 2.29. The number of nitrogens with one attached hydrogen (secondary N) is 3. The van der Waals surface area contributed by atoms with Gasteiger partial charge in [0, 0.05) is 86.1 Å². The predicted molar refractivity (Wildman–Crippen MR) is 161 cm³/mol. The van der Waals surface area contributed by atoms with Gasteiger partial charge in [-0.15, -0.1) is 0 Å². The van der Waals surface area contributed by atoms with Crippen LogP contribution in [0.5, 0.6) is 0 Å². The molecule has 9 heteroatoms. The van der Waals surface area contributed by atoms with Gasteiger partial charge in [-0.25, -0.2) is 9.78 Å². The summed E-state index contributed by atoms with van der Waals surface area (Å²) in [7, 11) is 3.57. The number of piperazine rings is 1. The minimum Gasteiger partial charge on any atom is -0.344 e. The van der Waals surface area contributed by atoms with Crippen LogP contribution in [0.15, 0.2) is 73.1 Å². The molecule has 1 aliphatic heterocycles. The zero-order valence-corrected chi connectivity index (χ0v) is 23.7. The Bertz CT molecular complexity index is 1500. The van der Waals surface area contributed by atoms with Gasteiger partial charge in [0.15, 0.2) is 0 Å². The van der Waals surface area contributed by atoms with Gasteiger partial charge in [0.05, 0.1) is 5.52 Å². The minimum atomic E-state index is -0.201. The van der Waals surface area contributed by atoms with Gasteiger partial charge in [-0.05, 0) is 68.8 Å². The maximum absolute atomic E-state index is 13.0. The van der Waals surface area contributed by atoms with Gasteiger partial charge >= 0.3 is 6.03 Å². The van der Waals surface area contributed by atoms with Gasteiger partial charge in [0.1, 0.15) is 5.82 Å². The molecule has 208 valence electrons. The van der Waals surface area contributed by atoms with Crippen LogP contribution in [0.2, 0.25) is 0 Å². The third-order valence-electron chi connectivity index (χ3n) is 7.65. The molecule has 2 unspecified atom stereocenters. The molecule has 2 aromatic carbocycles. The van der Waals surface area contributed by atoms with Gasteiger partial charge in [0.25, 0.3) is 5.91 Å². The van der Waals surface area contributed by atoms with E-state index >= 15 is 0 Å².